The molecule has 0 saturated heterocycles. The van der Waals surface area contributed by atoms with E-state index >= 15 is 0 Å². The minimum absolute atomic E-state index is 0.0953. The lowest BCUT2D eigenvalue weighted by Gasteiger charge is -2.12. The number of methoxy groups -OCH3 is 2. The van der Waals surface area contributed by atoms with Gasteiger partial charge in [-0.2, -0.15) is 0 Å². The highest BCUT2D eigenvalue weighted by molar-refractivity contribution is 7.18. The Morgan fingerprint density at radius 3 is 2.61 bits per heavy atom. The van der Waals surface area contributed by atoms with Crippen LogP contribution in [0.3, 0.4) is 0 Å². The highest BCUT2D eigenvalue weighted by atomic mass is 35.5. The molecule has 6 nitrogen and oxygen atoms in total. The Kier molecular flexibility index (Phi) is 6.27. The van der Waals surface area contributed by atoms with Gasteiger partial charge < -0.3 is 15.2 Å². The van der Waals surface area contributed by atoms with Crippen LogP contribution in [0.4, 0.5) is 0 Å². The number of ether oxygens (including phenoxy) is 2. The van der Waals surface area contributed by atoms with Crippen LogP contribution in [-0.4, -0.2) is 30.3 Å². The van der Waals surface area contributed by atoms with Crippen LogP contribution in [0.1, 0.15) is 6.42 Å². The van der Waals surface area contributed by atoms with Crippen LogP contribution in [0.2, 0.25) is 5.02 Å². The summed E-state index contributed by atoms with van der Waals surface area (Å²) >= 11 is 7.69. The number of hydrogen-bond donors (Lipinski definition) is 1. The molecule has 2 aromatic heterocycles. The summed E-state index contributed by atoms with van der Waals surface area (Å²) in [5, 5.41) is 1.08. The van der Waals surface area contributed by atoms with E-state index < -0.39 is 0 Å². The summed E-state index contributed by atoms with van der Waals surface area (Å²) in [7, 11) is 3.25. The molecule has 2 heterocycles. The second-order valence-electron chi connectivity index (χ2n) is 6.93. The lowest BCUT2D eigenvalue weighted by atomic mass is 10.1. The van der Waals surface area contributed by atoms with Crippen molar-refractivity contribution in [3.63, 3.8) is 0 Å². The Balaban J connectivity index is 1.86. The van der Waals surface area contributed by atoms with Crippen molar-refractivity contribution < 1.29 is 9.47 Å². The lowest BCUT2D eigenvalue weighted by Crippen LogP contribution is -2.24. The van der Waals surface area contributed by atoms with Gasteiger partial charge in [0, 0.05) is 28.1 Å². The Morgan fingerprint density at radius 2 is 1.87 bits per heavy atom. The first kappa shape index (κ1) is 21.4. The highest BCUT2D eigenvalue weighted by Gasteiger charge is 2.17. The molecule has 0 radical (unpaired) electrons. The van der Waals surface area contributed by atoms with Gasteiger partial charge in [-0.3, -0.25) is 9.36 Å². The molecule has 0 amide bonds. The van der Waals surface area contributed by atoms with Crippen LogP contribution in [0, 0.1) is 0 Å². The fourth-order valence-electron chi connectivity index (χ4n) is 3.44. The first-order chi connectivity index (χ1) is 15.0. The standard InChI is InChI=1S/C23H22ClN3O3S/c1-29-15-5-7-17(19(13-15)30-2)20-8-9-21(31-20)22-26-18-12-14(24)4-6-16(18)23(28)27(22)11-3-10-25/h4-9,12-13H,3,10-11,25H2,1-2H3. The zero-order valence-corrected chi connectivity index (χ0v) is 18.8. The van der Waals surface area contributed by atoms with E-state index in [1.807, 2.05) is 30.3 Å². The number of hydrogen-bond acceptors (Lipinski definition) is 6. The fourth-order valence-corrected chi connectivity index (χ4v) is 4.65. The fraction of sp³-hybridized carbons (Fsp3) is 0.217. The Bertz CT molecular complexity index is 1300. The van der Waals surface area contributed by atoms with Gasteiger partial charge in [0.25, 0.3) is 5.56 Å². The second kappa shape index (κ2) is 9.09. The van der Waals surface area contributed by atoms with E-state index in [0.717, 1.165) is 21.1 Å². The molecule has 0 unspecified atom stereocenters. The SMILES string of the molecule is COc1ccc(-c2ccc(-c3nc4cc(Cl)ccc4c(=O)n3CCCN)s2)c(OC)c1. The number of rotatable bonds is 7. The van der Waals surface area contributed by atoms with Gasteiger partial charge >= 0.3 is 0 Å². The predicted octanol–water partition coefficient (Wildman–Crippen LogP) is 4.81. The third kappa shape index (κ3) is 4.17. The number of aromatic nitrogens is 2. The van der Waals surface area contributed by atoms with Crippen LogP contribution in [-0.2, 0) is 6.54 Å². The van der Waals surface area contributed by atoms with Crippen molar-refractivity contribution in [2.75, 3.05) is 20.8 Å². The number of fused-ring (bicyclic) bond motifs is 1. The first-order valence-corrected chi connectivity index (χ1v) is 11.0. The lowest BCUT2D eigenvalue weighted by molar-refractivity contribution is 0.395. The van der Waals surface area contributed by atoms with Crippen molar-refractivity contribution in [2.45, 2.75) is 13.0 Å². The van der Waals surface area contributed by atoms with Gasteiger partial charge in [0.15, 0.2) is 5.82 Å². The van der Waals surface area contributed by atoms with Gasteiger partial charge in [-0.1, -0.05) is 11.6 Å². The van der Waals surface area contributed by atoms with E-state index in [0.29, 0.717) is 47.0 Å². The van der Waals surface area contributed by atoms with Crippen LogP contribution in [0.5, 0.6) is 11.5 Å². The summed E-state index contributed by atoms with van der Waals surface area (Å²) in [5.74, 6) is 2.05. The van der Waals surface area contributed by atoms with Crippen LogP contribution < -0.4 is 20.8 Å². The Labute approximate surface area is 188 Å². The van der Waals surface area contributed by atoms with Crippen LogP contribution >= 0.6 is 22.9 Å². The average Bonchev–Trinajstić information content (AvgIpc) is 3.27. The molecule has 8 heteroatoms. The summed E-state index contributed by atoms with van der Waals surface area (Å²) < 4.78 is 12.5. The molecule has 160 valence electrons. The zero-order chi connectivity index (χ0) is 22.0. The molecular weight excluding hydrogens is 434 g/mol. The average molecular weight is 456 g/mol. The maximum absolute atomic E-state index is 13.2. The van der Waals surface area contributed by atoms with Gasteiger partial charge in [0.1, 0.15) is 11.5 Å². The van der Waals surface area contributed by atoms with Crippen molar-refractivity contribution >= 4 is 33.8 Å². The van der Waals surface area contributed by atoms with Crippen LogP contribution in [0.15, 0.2) is 53.3 Å². The molecule has 2 aromatic carbocycles. The number of thiophene rings is 1. The topological polar surface area (TPSA) is 79.4 Å². The molecule has 4 rings (SSSR count). The quantitative estimate of drug-likeness (QED) is 0.432. The molecule has 0 aliphatic rings. The smallest absolute Gasteiger partial charge is 0.261 e. The number of benzene rings is 2. The number of nitrogens with two attached hydrogens (primary N) is 1. The largest absolute Gasteiger partial charge is 0.497 e. The van der Waals surface area contributed by atoms with Gasteiger partial charge in [-0.05, 0) is 55.4 Å². The van der Waals surface area contributed by atoms with Crippen molar-refractivity contribution in [3.05, 3.63) is 63.9 Å². The van der Waals surface area contributed by atoms with Gasteiger partial charge in [0.05, 0.1) is 30.0 Å². The molecule has 0 aliphatic carbocycles. The molecule has 0 fully saturated rings. The molecule has 2 N–H and O–H groups in total. The number of halogens is 1. The summed E-state index contributed by atoms with van der Waals surface area (Å²) in [6, 6.07) is 14.8. The van der Waals surface area contributed by atoms with E-state index in [1.165, 1.54) is 0 Å². The van der Waals surface area contributed by atoms with E-state index in [9.17, 15) is 4.79 Å². The summed E-state index contributed by atoms with van der Waals surface area (Å²) in [4.78, 5) is 19.9. The van der Waals surface area contributed by atoms with E-state index in [1.54, 1.807) is 48.3 Å². The van der Waals surface area contributed by atoms with Crippen LogP contribution in [0.25, 0.3) is 32.0 Å². The minimum Gasteiger partial charge on any atom is -0.497 e. The van der Waals surface area contributed by atoms with Crippen molar-refractivity contribution in [3.8, 4) is 32.6 Å². The van der Waals surface area contributed by atoms with Crippen molar-refractivity contribution in [1.82, 2.24) is 9.55 Å². The Hall–Kier alpha value is -2.87. The molecule has 31 heavy (non-hydrogen) atoms. The monoisotopic (exact) mass is 455 g/mol. The molecule has 4 aromatic rings. The number of nitrogens with zero attached hydrogens (tertiary/aromatic N) is 2. The Morgan fingerprint density at radius 1 is 1.06 bits per heavy atom. The predicted molar refractivity (Wildman–Crippen MR) is 127 cm³/mol. The molecule has 0 aliphatic heterocycles. The molecule has 0 saturated carbocycles. The third-order valence-corrected chi connectivity index (χ3v) is 6.35. The summed E-state index contributed by atoms with van der Waals surface area (Å²) in [6.07, 6.45) is 0.679. The molecule has 0 spiro atoms. The van der Waals surface area contributed by atoms with Gasteiger partial charge in [-0.25, -0.2) is 4.98 Å². The van der Waals surface area contributed by atoms with E-state index in [2.05, 4.69) is 0 Å². The first-order valence-electron chi connectivity index (χ1n) is 9.78. The molecular formula is C23H22ClN3O3S. The maximum Gasteiger partial charge on any atom is 0.261 e. The summed E-state index contributed by atoms with van der Waals surface area (Å²) in [6.45, 7) is 0.985. The highest BCUT2D eigenvalue weighted by Crippen LogP contribution is 2.39. The van der Waals surface area contributed by atoms with Crippen molar-refractivity contribution in [2.24, 2.45) is 5.73 Å². The van der Waals surface area contributed by atoms with Crippen molar-refractivity contribution in [1.29, 1.82) is 0 Å². The summed E-state index contributed by atoms with van der Waals surface area (Å²) in [5.41, 5.74) is 7.13. The molecule has 0 bridgehead atoms. The van der Waals surface area contributed by atoms with Gasteiger partial charge in [-0.15, -0.1) is 11.3 Å². The normalized spacial score (nSPS) is 11.1. The third-order valence-electron chi connectivity index (χ3n) is 5.00. The van der Waals surface area contributed by atoms with Gasteiger partial charge in [0.2, 0.25) is 0 Å². The maximum atomic E-state index is 13.2. The minimum atomic E-state index is -0.0953. The molecule has 0 atom stereocenters. The van der Waals surface area contributed by atoms with E-state index in [4.69, 9.17) is 31.8 Å². The second-order valence-corrected chi connectivity index (χ2v) is 8.45. The zero-order valence-electron chi connectivity index (χ0n) is 17.2. The van der Waals surface area contributed by atoms with E-state index in [-0.39, 0.29) is 5.56 Å².